The molecule has 40 heavy (non-hydrogen) atoms. The lowest BCUT2D eigenvalue weighted by Crippen LogP contribution is -2.39. The number of hydrogen-bond donors (Lipinski definition) is 3. The number of nitrogens with two attached hydrogens (primary N) is 1. The number of oxazole rings is 1. The molecule has 3 aromatic heterocycles. The van der Waals surface area contributed by atoms with Crippen LogP contribution in [0.5, 0.6) is 5.88 Å². The Morgan fingerprint density at radius 1 is 1.07 bits per heavy atom. The van der Waals surface area contributed by atoms with Crippen LogP contribution in [-0.2, 0) is 15.7 Å². The maximum Gasteiger partial charge on any atom is 0.416 e. The number of nitrogens with one attached hydrogen (secondary N) is 2. The lowest BCUT2D eigenvalue weighted by Gasteiger charge is -2.14. The van der Waals surface area contributed by atoms with Gasteiger partial charge >= 0.3 is 6.18 Å². The van der Waals surface area contributed by atoms with Crippen LogP contribution in [0.2, 0.25) is 0 Å². The number of amides is 1. The Morgan fingerprint density at radius 3 is 2.50 bits per heavy atom. The van der Waals surface area contributed by atoms with Crippen molar-refractivity contribution in [1.29, 1.82) is 0 Å². The normalized spacial score (nSPS) is 12.2. The number of carbonyl (C=O) groups is 1. The van der Waals surface area contributed by atoms with E-state index < -0.39 is 11.7 Å². The molecule has 0 aliphatic heterocycles. The van der Waals surface area contributed by atoms with E-state index in [1.807, 2.05) is 0 Å². The number of aromatic nitrogens is 5. The second-order valence-electron chi connectivity index (χ2n) is 8.47. The quantitative estimate of drug-likeness (QED) is 0.261. The van der Waals surface area contributed by atoms with Gasteiger partial charge in [0.05, 0.1) is 18.9 Å². The van der Waals surface area contributed by atoms with Crippen molar-refractivity contribution in [2.45, 2.75) is 19.1 Å². The molecule has 0 radical (unpaired) electrons. The van der Waals surface area contributed by atoms with Crippen molar-refractivity contribution in [2.75, 3.05) is 38.4 Å². The van der Waals surface area contributed by atoms with Crippen LogP contribution in [0.4, 0.5) is 24.9 Å². The number of alkyl halides is 3. The maximum absolute atomic E-state index is 13.1. The minimum absolute atomic E-state index is 0.0268. The van der Waals surface area contributed by atoms with Crippen molar-refractivity contribution in [3.8, 4) is 40.2 Å². The van der Waals surface area contributed by atoms with Crippen LogP contribution in [0.25, 0.3) is 34.3 Å². The van der Waals surface area contributed by atoms with E-state index in [0.717, 1.165) is 12.1 Å². The molecule has 4 N–H and O–H groups in total. The summed E-state index contributed by atoms with van der Waals surface area (Å²) in [5.74, 6) is 0.247. The predicted molar refractivity (Wildman–Crippen MR) is 138 cm³/mol. The number of carbonyl (C=O) groups excluding carboxylic acids is 1. The molecule has 0 saturated heterocycles. The molecule has 1 atom stereocenters. The number of benzene rings is 1. The summed E-state index contributed by atoms with van der Waals surface area (Å²) in [6.45, 7) is 2.03. The molecule has 1 amide bonds. The Bertz CT molecular complexity index is 1480. The van der Waals surface area contributed by atoms with E-state index >= 15 is 0 Å². The lowest BCUT2D eigenvalue weighted by atomic mass is 10.1. The van der Waals surface area contributed by atoms with Crippen LogP contribution >= 0.6 is 0 Å². The second kappa shape index (κ2) is 11.9. The second-order valence-corrected chi connectivity index (χ2v) is 8.47. The minimum atomic E-state index is -4.49. The van der Waals surface area contributed by atoms with Crippen LogP contribution in [0.1, 0.15) is 12.5 Å². The van der Waals surface area contributed by atoms with E-state index in [-0.39, 0.29) is 59.2 Å². The van der Waals surface area contributed by atoms with Gasteiger partial charge in [0.2, 0.25) is 17.7 Å². The predicted octanol–water partition coefficient (Wildman–Crippen LogP) is 3.43. The molecular weight excluding hydrogens is 533 g/mol. The smallest absolute Gasteiger partial charge is 0.416 e. The molecule has 0 aliphatic carbocycles. The van der Waals surface area contributed by atoms with Gasteiger partial charge in [0.1, 0.15) is 23.7 Å². The van der Waals surface area contributed by atoms with Crippen molar-refractivity contribution >= 4 is 17.7 Å². The summed E-state index contributed by atoms with van der Waals surface area (Å²) in [5, 5.41) is 5.79. The van der Waals surface area contributed by atoms with Gasteiger partial charge in [0.15, 0.2) is 11.6 Å². The first-order chi connectivity index (χ1) is 19.1. The first kappa shape index (κ1) is 28.2. The largest absolute Gasteiger partial charge is 0.478 e. The summed E-state index contributed by atoms with van der Waals surface area (Å²) < 4.78 is 55.2. The van der Waals surface area contributed by atoms with Gasteiger partial charge in [-0.15, -0.1) is 0 Å². The van der Waals surface area contributed by atoms with E-state index in [0.29, 0.717) is 17.8 Å². The van der Waals surface area contributed by atoms with Crippen LogP contribution in [-0.4, -0.2) is 64.2 Å². The van der Waals surface area contributed by atoms with Gasteiger partial charge in [0, 0.05) is 31.5 Å². The van der Waals surface area contributed by atoms with Gasteiger partial charge in [0.25, 0.3) is 5.88 Å². The van der Waals surface area contributed by atoms with Crippen molar-refractivity contribution < 1.29 is 31.9 Å². The molecule has 12 nitrogen and oxygen atoms in total. The van der Waals surface area contributed by atoms with E-state index in [4.69, 9.17) is 19.6 Å². The standard InChI is InChI=1S/C25H25F3N8O4/c1-13(33-18(37)12-38-2)10-32-24-30-9-8-16(35-24)20-19(17-11-31-21(29)23(34-17)39-3)36-22(40-20)14-4-6-15(7-5-14)25(26,27)28/h4-9,11,13H,10,12H2,1-3H3,(H2,29,31)(H,33,37)(H,30,32,35). The Morgan fingerprint density at radius 2 is 1.82 bits per heavy atom. The van der Waals surface area contributed by atoms with E-state index in [2.05, 4.69) is 35.6 Å². The molecular formula is C25H25F3N8O4. The molecule has 0 spiro atoms. The Labute approximate surface area is 226 Å². The van der Waals surface area contributed by atoms with E-state index in [1.165, 1.54) is 38.7 Å². The average molecular weight is 559 g/mol. The van der Waals surface area contributed by atoms with Gasteiger partial charge in [-0.05, 0) is 37.3 Å². The highest BCUT2D eigenvalue weighted by Crippen LogP contribution is 2.36. The summed E-state index contributed by atoms with van der Waals surface area (Å²) in [6.07, 6.45) is -1.64. The fraction of sp³-hybridized carbons (Fsp3) is 0.280. The number of halogens is 3. The summed E-state index contributed by atoms with van der Waals surface area (Å²) in [6, 6.07) is 5.68. The van der Waals surface area contributed by atoms with Gasteiger partial charge < -0.3 is 30.3 Å². The third kappa shape index (κ3) is 6.61. The van der Waals surface area contributed by atoms with Crippen LogP contribution < -0.4 is 21.1 Å². The minimum Gasteiger partial charge on any atom is -0.478 e. The van der Waals surface area contributed by atoms with Crippen molar-refractivity contribution in [1.82, 2.24) is 30.2 Å². The van der Waals surface area contributed by atoms with Crippen molar-refractivity contribution in [3.63, 3.8) is 0 Å². The Kier molecular flexibility index (Phi) is 8.43. The lowest BCUT2D eigenvalue weighted by molar-refractivity contribution is -0.137. The van der Waals surface area contributed by atoms with E-state index in [1.54, 1.807) is 13.0 Å². The molecule has 15 heteroatoms. The number of anilines is 2. The first-order valence-electron chi connectivity index (χ1n) is 11.8. The molecule has 210 valence electrons. The summed E-state index contributed by atoms with van der Waals surface area (Å²) >= 11 is 0. The third-order valence-electron chi connectivity index (χ3n) is 5.43. The Hall–Kier alpha value is -4.79. The Balaban J connectivity index is 1.69. The first-order valence-corrected chi connectivity index (χ1v) is 11.8. The molecule has 0 aliphatic rings. The molecule has 4 aromatic rings. The van der Waals surface area contributed by atoms with Crippen molar-refractivity contribution in [2.24, 2.45) is 0 Å². The number of methoxy groups -OCH3 is 2. The fourth-order valence-electron chi connectivity index (χ4n) is 3.55. The van der Waals surface area contributed by atoms with Crippen LogP contribution in [0.3, 0.4) is 0 Å². The molecule has 3 heterocycles. The van der Waals surface area contributed by atoms with Gasteiger partial charge in [-0.1, -0.05) is 0 Å². The zero-order chi connectivity index (χ0) is 28.9. The highest BCUT2D eigenvalue weighted by atomic mass is 19.4. The summed E-state index contributed by atoms with van der Waals surface area (Å²) in [4.78, 5) is 33.3. The topological polar surface area (TPSA) is 163 Å². The molecule has 1 aromatic carbocycles. The highest BCUT2D eigenvalue weighted by molar-refractivity contribution is 5.78. The summed E-state index contributed by atoms with van der Waals surface area (Å²) in [5.41, 5.74) is 6.01. The van der Waals surface area contributed by atoms with Crippen LogP contribution in [0, 0.1) is 0 Å². The van der Waals surface area contributed by atoms with Gasteiger partial charge in [-0.3, -0.25) is 4.79 Å². The monoisotopic (exact) mass is 558 g/mol. The van der Waals surface area contributed by atoms with Gasteiger partial charge in [-0.2, -0.15) is 13.2 Å². The number of nitrogens with zero attached hydrogens (tertiary/aromatic N) is 5. The number of ether oxygens (including phenoxy) is 2. The molecule has 1 unspecified atom stereocenters. The zero-order valence-electron chi connectivity index (χ0n) is 21.6. The maximum atomic E-state index is 13.1. The molecule has 0 bridgehead atoms. The number of nitrogen functional groups attached to an aromatic ring is 1. The zero-order valence-corrected chi connectivity index (χ0v) is 21.6. The number of hydrogen-bond acceptors (Lipinski definition) is 11. The van der Waals surface area contributed by atoms with Crippen LogP contribution in [0.15, 0.2) is 47.1 Å². The molecule has 4 rings (SSSR count). The summed E-state index contributed by atoms with van der Waals surface area (Å²) in [7, 11) is 2.80. The highest BCUT2D eigenvalue weighted by Gasteiger charge is 2.30. The average Bonchev–Trinajstić information content (AvgIpc) is 3.38. The third-order valence-corrected chi connectivity index (χ3v) is 5.43. The van der Waals surface area contributed by atoms with E-state index in [9.17, 15) is 18.0 Å². The molecule has 0 saturated carbocycles. The fourth-order valence-corrected chi connectivity index (χ4v) is 3.55. The SMILES string of the molecule is COCC(=O)NC(C)CNc1nccc(-c2oc(-c3ccc(C(F)(F)F)cc3)nc2-c2cnc(N)c(OC)n2)n1. The molecule has 0 fully saturated rings. The van der Waals surface area contributed by atoms with Crippen molar-refractivity contribution in [3.05, 3.63) is 48.3 Å². The van der Waals surface area contributed by atoms with Gasteiger partial charge in [-0.25, -0.2) is 24.9 Å². The number of rotatable bonds is 10.